The fourth-order valence-corrected chi connectivity index (χ4v) is 3.81. The van der Waals surface area contributed by atoms with Crippen LogP contribution in [-0.2, 0) is 12.8 Å². The Morgan fingerprint density at radius 1 is 0.750 bits per heavy atom. The van der Waals surface area contributed by atoms with Gasteiger partial charge in [-0.3, -0.25) is 0 Å². The maximum absolute atomic E-state index is 3.82. The van der Waals surface area contributed by atoms with Gasteiger partial charge in [-0.2, -0.15) is 0 Å². The lowest BCUT2D eigenvalue weighted by molar-refractivity contribution is 0.514. The van der Waals surface area contributed by atoms with Crippen LogP contribution in [0.3, 0.4) is 0 Å². The summed E-state index contributed by atoms with van der Waals surface area (Å²) in [6.45, 7) is 1.02. The van der Waals surface area contributed by atoms with E-state index in [4.69, 9.17) is 0 Å². The third-order valence-corrected chi connectivity index (χ3v) is 5.06. The fourth-order valence-electron chi connectivity index (χ4n) is 3.81. The van der Waals surface area contributed by atoms with Gasteiger partial charge in [0, 0.05) is 18.5 Å². The Bertz CT molecular complexity index is 779. The average Bonchev–Trinajstić information content (AvgIpc) is 2.83. The van der Waals surface area contributed by atoms with Crippen LogP contribution in [0.2, 0.25) is 0 Å². The second kappa shape index (κ2) is 7.02. The van der Waals surface area contributed by atoms with Crippen LogP contribution >= 0.6 is 0 Å². The first-order valence-electron chi connectivity index (χ1n) is 8.80. The Labute approximate surface area is 144 Å². The maximum Gasteiger partial charge on any atom is 0.0361 e. The second-order valence-electron chi connectivity index (χ2n) is 6.66. The highest BCUT2D eigenvalue weighted by atomic mass is 14.9. The molecular formula is C23H23N. The van der Waals surface area contributed by atoms with Crippen molar-refractivity contribution < 1.29 is 0 Å². The van der Waals surface area contributed by atoms with Crippen molar-refractivity contribution in [3.8, 4) is 0 Å². The average molecular weight is 313 g/mol. The van der Waals surface area contributed by atoms with Crippen LogP contribution in [-0.4, -0.2) is 6.54 Å². The molecule has 1 heterocycles. The molecule has 0 saturated heterocycles. The van der Waals surface area contributed by atoms with Gasteiger partial charge >= 0.3 is 0 Å². The minimum Gasteiger partial charge on any atom is -0.309 e. The number of fused-ring (bicyclic) bond motifs is 1. The van der Waals surface area contributed by atoms with Crippen LogP contribution < -0.4 is 5.32 Å². The molecular weight excluding hydrogens is 290 g/mol. The third kappa shape index (κ3) is 3.27. The minimum atomic E-state index is 0.396. The molecule has 0 radical (unpaired) electrons. The Morgan fingerprint density at radius 2 is 1.42 bits per heavy atom. The summed E-state index contributed by atoms with van der Waals surface area (Å²) in [4.78, 5) is 0. The molecule has 120 valence electrons. The summed E-state index contributed by atoms with van der Waals surface area (Å²) in [5.41, 5.74) is 5.79. The van der Waals surface area contributed by atoms with Crippen molar-refractivity contribution in [3.63, 3.8) is 0 Å². The normalized spacial score (nSPS) is 20.2. The van der Waals surface area contributed by atoms with Gasteiger partial charge in [0.1, 0.15) is 0 Å². The SMILES string of the molecule is c1ccc(C[C@H]2CN[C@H](c3ccccc3)Cc3ccccc32)cc1. The Hall–Kier alpha value is -2.38. The van der Waals surface area contributed by atoms with E-state index in [0.29, 0.717) is 12.0 Å². The Morgan fingerprint density at radius 3 is 2.21 bits per heavy atom. The highest BCUT2D eigenvalue weighted by Crippen LogP contribution is 2.31. The predicted molar refractivity (Wildman–Crippen MR) is 100 cm³/mol. The molecule has 3 aromatic rings. The van der Waals surface area contributed by atoms with E-state index in [1.54, 1.807) is 0 Å². The van der Waals surface area contributed by atoms with Crippen LogP contribution in [0.1, 0.15) is 34.2 Å². The molecule has 2 atom stereocenters. The van der Waals surface area contributed by atoms with E-state index in [2.05, 4.69) is 90.2 Å². The molecule has 0 spiro atoms. The maximum atomic E-state index is 3.82. The molecule has 3 aromatic carbocycles. The van der Waals surface area contributed by atoms with Crippen LogP contribution in [0.4, 0.5) is 0 Å². The summed E-state index contributed by atoms with van der Waals surface area (Å²) in [5, 5.41) is 3.82. The number of nitrogens with one attached hydrogen (secondary N) is 1. The first-order valence-corrected chi connectivity index (χ1v) is 8.80. The van der Waals surface area contributed by atoms with Gasteiger partial charge in [-0.1, -0.05) is 84.9 Å². The monoisotopic (exact) mass is 313 g/mol. The molecule has 1 heteroatoms. The molecule has 1 aliphatic heterocycles. The van der Waals surface area contributed by atoms with E-state index < -0.39 is 0 Å². The van der Waals surface area contributed by atoms with Gasteiger partial charge in [0.15, 0.2) is 0 Å². The lowest BCUT2D eigenvalue weighted by atomic mass is 9.88. The second-order valence-corrected chi connectivity index (χ2v) is 6.66. The highest BCUT2D eigenvalue weighted by molar-refractivity contribution is 5.36. The number of hydrogen-bond acceptors (Lipinski definition) is 1. The smallest absolute Gasteiger partial charge is 0.0361 e. The van der Waals surface area contributed by atoms with Gasteiger partial charge in [0.25, 0.3) is 0 Å². The molecule has 0 saturated carbocycles. The zero-order valence-corrected chi connectivity index (χ0v) is 13.9. The van der Waals surface area contributed by atoms with Gasteiger partial charge in [-0.25, -0.2) is 0 Å². The molecule has 1 aliphatic rings. The van der Waals surface area contributed by atoms with Crippen LogP contribution in [0.15, 0.2) is 84.9 Å². The molecule has 0 aromatic heterocycles. The number of rotatable bonds is 3. The van der Waals surface area contributed by atoms with E-state index in [1.165, 1.54) is 22.3 Å². The molecule has 24 heavy (non-hydrogen) atoms. The quantitative estimate of drug-likeness (QED) is 0.725. The fraction of sp³-hybridized carbons (Fsp3) is 0.217. The van der Waals surface area contributed by atoms with Crippen molar-refractivity contribution in [2.75, 3.05) is 6.54 Å². The largest absolute Gasteiger partial charge is 0.309 e. The van der Waals surface area contributed by atoms with Gasteiger partial charge in [-0.05, 0) is 35.1 Å². The molecule has 0 aliphatic carbocycles. The third-order valence-electron chi connectivity index (χ3n) is 5.06. The van der Waals surface area contributed by atoms with Gasteiger partial charge < -0.3 is 5.32 Å². The molecule has 0 fully saturated rings. The molecule has 4 rings (SSSR count). The molecule has 0 amide bonds. The Kier molecular flexibility index (Phi) is 4.44. The number of benzene rings is 3. The lowest BCUT2D eigenvalue weighted by Crippen LogP contribution is -2.25. The standard InChI is InChI=1S/C23H23N/c1-3-9-18(10-4-1)15-21-17-24-23(19-11-5-2-6-12-19)16-20-13-7-8-14-22(20)21/h1-14,21,23-24H,15-17H2/t21-,23-/m0/s1. The summed E-state index contributed by atoms with van der Waals surface area (Å²) >= 11 is 0. The van der Waals surface area contributed by atoms with E-state index >= 15 is 0 Å². The topological polar surface area (TPSA) is 12.0 Å². The van der Waals surface area contributed by atoms with E-state index in [-0.39, 0.29) is 0 Å². The predicted octanol–water partition coefficient (Wildman–Crippen LogP) is 4.90. The molecule has 0 unspecified atom stereocenters. The van der Waals surface area contributed by atoms with E-state index in [0.717, 1.165) is 19.4 Å². The Balaban J connectivity index is 1.64. The number of hydrogen-bond donors (Lipinski definition) is 1. The molecule has 1 N–H and O–H groups in total. The highest BCUT2D eigenvalue weighted by Gasteiger charge is 2.24. The van der Waals surface area contributed by atoms with Gasteiger partial charge in [0.05, 0.1) is 0 Å². The first-order chi connectivity index (χ1) is 11.9. The summed E-state index contributed by atoms with van der Waals surface area (Å²) in [7, 11) is 0. The minimum absolute atomic E-state index is 0.396. The van der Waals surface area contributed by atoms with Crippen molar-refractivity contribution >= 4 is 0 Å². The van der Waals surface area contributed by atoms with Crippen molar-refractivity contribution in [1.82, 2.24) is 5.32 Å². The summed E-state index contributed by atoms with van der Waals surface area (Å²) < 4.78 is 0. The van der Waals surface area contributed by atoms with Crippen molar-refractivity contribution in [2.45, 2.75) is 24.8 Å². The van der Waals surface area contributed by atoms with Crippen LogP contribution in [0, 0.1) is 0 Å². The lowest BCUT2D eigenvalue weighted by Gasteiger charge is -2.19. The summed E-state index contributed by atoms with van der Waals surface area (Å²) in [6.07, 6.45) is 2.15. The van der Waals surface area contributed by atoms with Crippen LogP contribution in [0.5, 0.6) is 0 Å². The van der Waals surface area contributed by atoms with Crippen molar-refractivity contribution in [3.05, 3.63) is 107 Å². The van der Waals surface area contributed by atoms with Crippen LogP contribution in [0.25, 0.3) is 0 Å². The molecule has 1 nitrogen and oxygen atoms in total. The van der Waals surface area contributed by atoms with E-state index in [1.807, 2.05) is 0 Å². The zero-order chi connectivity index (χ0) is 16.2. The van der Waals surface area contributed by atoms with Gasteiger partial charge in [0.2, 0.25) is 0 Å². The van der Waals surface area contributed by atoms with Crippen molar-refractivity contribution in [2.24, 2.45) is 0 Å². The zero-order valence-electron chi connectivity index (χ0n) is 13.9. The van der Waals surface area contributed by atoms with Crippen molar-refractivity contribution in [1.29, 1.82) is 0 Å². The summed E-state index contributed by atoms with van der Waals surface area (Å²) in [5.74, 6) is 0.525. The molecule has 0 bridgehead atoms. The summed E-state index contributed by atoms with van der Waals surface area (Å²) in [6, 6.07) is 31.0. The first kappa shape index (κ1) is 15.2. The van der Waals surface area contributed by atoms with E-state index in [9.17, 15) is 0 Å². The van der Waals surface area contributed by atoms with Gasteiger partial charge in [-0.15, -0.1) is 0 Å².